The number of aliphatic imine (C=N–C) groups is 1. The molecule has 0 bridgehead atoms. The summed E-state index contributed by atoms with van der Waals surface area (Å²) in [5.74, 6) is 0.727. The number of rotatable bonds is 5. The van der Waals surface area contributed by atoms with E-state index in [1.807, 2.05) is 30.3 Å². The topological polar surface area (TPSA) is 73.8 Å². The second kappa shape index (κ2) is 8.84. The Morgan fingerprint density at radius 2 is 2.00 bits per heavy atom. The van der Waals surface area contributed by atoms with Gasteiger partial charge in [0, 0.05) is 49.7 Å². The van der Waals surface area contributed by atoms with Crippen LogP contribution in [0.3, 0.4) is 0 Å². The normalized spacial score (nSPS) is 17.6. The molecule has 28 heavy (non-hydrogen) atoms. The predicted octanol–water partition coefficient (Wildman–Crippen LogP) is 2.69. The molecule has 8 heteroatoms. The number of hydrogen-bond donors (Lipinski definition) is 2. The van der Waals surface area contributed by atoms with E-state index in [9.17, 15) is 8.42 Å². The van der Waals surface area contributed by atoms with Crippen LogP contribution in [0.1, 0.15) is 12.0 Å². The van der Waals surface area contributed by atoms with E-state index >= 15 is 0 Å². The molecule has 1 aliphatic heterocycles. The Hall–Kier alpha value is -2.25. The van der Waals surface area contributed by atoms with Gasteiger partial charge in [0.25, 0.3) is 0 Å². The van der Waals surface area contributed by atoms with Crippen molar-refractivity contribution in [3.8, 4) is 0 Å². The third kappa shape index (κ3) is 5.39. The first-order valence-electron chi connectivity index (χ1n) is 9.12. The lowest BCUT2D eigenvalue weighted by molar-refractivity contribution is 0.602. The Kier molecular flexibility index (Phi) is 6.46. The molecule has 2 aromatic rings. The number of halogens is 1. The first-order valence-corrected chi connectivity index (χ1v) is 11.4. The highest BCUT2D eigenvalue weighted by molar-refractivity contribution is 7.90. The molecule has 1 heterocycles. The van der Waals surface area contributed by atoms with E-state index < -0.39 is 9.84 Å². The number of nitrogens with one attached hydrogen (secondary N) is 2. The van der Waals surface area contributed by atoms with E-state index in [4.69, 9.17) is 11.6 Å². The molecule has 0 amide bonds. The SMILES string of the molecule is CN=C(NCc1ccc(S(C)(=O)=O)cc1)NC1CCN(c2cccc(Cl)c2)C1. The van der Waals surface area contributed by atoms with Gasteiger partial charge < -0.3 is 15.5 Å². The minimum Gasteiger partial charge on any atom is -0.369 e. The highest BCUT2D eigenvalue weighted by atomic mass is 35.5. The summed E-state index contributed by atoms with van der Waals surface area (Å²) in [6.07, 6.45) is 2.22. The van der Waals surface area contributed by atoms with Crippen LogP contribution in [0.15, 0.2) is 58.4 Å². The van der Waals surface area contributed by atoms with Crippen LogP contribution in [-0.4, -0.2) is 46.8 Å². The summed E-state index contributed by atoms with van der Waals surface area (Å²) in [7, 11) is -1.43. The monoisotopic (exact) mass is 420 g/mol. The number of hydrogen-bond acceptors (Lipinski definition) is 4. The van der Waals surface area contributed by atoms with E-state index in [0.29, 0.717) is 11.4 Å². The van der Waals surface area contributed by atoms with Gasteiger partial charge in [-0.3, -0.25) is 4.99 Å². The van der Waals surface area contributed by atoms with Gasteiger partial charge in [-0.05, 0) is 42.3 Å². The van der Waals surface area contributed by atoms with Crippen molar-refractivity contribution in [2.75, 3.05) is 31.3 Å². The fourth-order valence-electron chi connectivity index (χ4n) is 3.21. The van der Waals surface area contributed by atoms with Gasteiger partial charge in [0.1, 0.15) is 0 Å². The fourth-order valence-corrected chi connectivity index (χ4v) is 4.03. The largest absolute Gasteiger partial charge is 0.369 e. The number of anilines is 1. The second-order valence-corrected chi connectivity index (χ2v) is 9.35. The molecular weight excluding hydrogens is 396 g/mol. The van der Waals surface area contributed by atoms with E-state index in [2.05, 4.69) is 26.6 Å². The lowest BCUT2D eigenvalue weighted by Gasteiger charge is -2.20. The Morgan fingerprint density at radius 3 is 2.64 bits per heavy atom. The van der Waals surface area contributed by atoms with Gasteiger partial charge in [-0.1, -0.05) is 29.8 Å². The van der Waals surface area contributed by atoms with Gasteiger partial charge >= 0.3 is 0 Å². The third-order valence-corrected chi connectivity index (χ3v) is 6.10. The van der Waals surface area contributed by atoms with Crippen LogP contribution in [0.5, 0.6) is 0 Å². The molecule has 2 aromatic carbocycles. The van der Waals surface area contributed by atoms with Crippen molar-refractivity contribution in [1.82, 2.24) is 10.6 Å². The Bertz CT molecular complexity index is 945. The summed E-state index contributed by atoms with van der Waals surface area (Å²) in [5, 5.41) is 7.48. The van der Waals surface area contributed by atoms with Crippen molar-refractivity contribution in [1.29, 1.82) is 0 Å². The number of sulfone groups is 1. The van der Waals surface area contributed by atoms with Crippen molar-refractivity contribution in [2.24, 2.45) is 4.99 Å². The first kappa shape index (κ1) is 20.5. The molecule has 0 radical (unpaired) electrons. The number of nitrogens with zero attached hydrogens (tertiary/aromatic N) is 2. The lowest BCUT2D eigenvalue weighted by Crippen LogP contribution is -2.44. The van der Waals surface area contributed by atoms with Crippen molar-refractivity contribution in [2.45, 2.75) is 23.9 Å². The summed E-state index contributed by atoms with van der Waals surface area (Å²) in [4.78, 5) is 6.93. The van der Waals surface area contributed by atoms with Crippen LogP contribution in [-0.2, 0) is 16.4 Å². The fraction of sp³-hybridized carbons (Fsp3) is 0.350. The maximum absolute atomic E-state index is 11.5. The van der Waals surface area contributed by atoms with Gasteiger partial charge in [0.2, 0.25) is 0 Å². The standard InChI is InChI=1S/C20H25ClN4O2S/c1-22-20(23-13-15-6-8-19(9-7-15)28(2,26)27)24-17-10-11-25(14-17)18-5-3-4-16(21)12-18/h3-9,12,17H,10-11,13-14H2,1-2H3,(H2,22,23,24). The van der Waals surface area contributed by atoms with E-state index in [1.165, 1.54) is 6.26 Å². The van der Waals surface area contributed by atoms with Crippen LogP contribution in [0.25, 0.3) is 0 Å². The maximum atomic E-state index is 11.5. The van der Waals surface area contributed by atoms with Crippen molar-refractivity contribution >= 4 is 33.1 Å². The van der Waals surface area contributed by atoms with Gasteiger partial charge in [-0.2, -0.15) is 0 Å². The molecule has 1 aliphatic rings. The zero-order valence-electron chi connectivity index (χ0n) is 16.0. The maximum Gasteiger partial charge on any atom is 0.191 e. The number of guanidine groups is 1. The molecule has 0 saturated carbocycles. The molecule has 1 unspecified atom stereocenters. The Morgan fingerprint density at radius 1 is 1.25 bits per heavy atom. The molecule has 3 rings (SSSR count). The van der Waals surface area contributed by atoms with E-state index in [1.54, 1.807) is 19.2 Å². The summed E-state index contributed by atoms with van der Waals surface area (Å²) in [5.41, 5.74) is 2.12. The second-order valence-electron chi connectivity index (χ2n) is 6.90. The van der Waals surface area contributed by atoms with Crippen LogP contribution in [0.4, 0.5) is 5.69 Å². The van der Waals surface area contributed by atoms with Crippen LogP contribution in [0, 0.1) is 0 Å². The molecule has 0 aromatic heterocycles. The van der Waals surface area contributed by atoms with Crippen molar-refractivity contribution in [3.63, 3.8) is 0 Å². The van der Waals surface area contributed by atoms with Gasteiger partial charge in [0.05, 0.1) is 4.90 Å². The van der Waals surface area contributed by atoms with Crippen LogP contribution < -0.4 is 15.5 Å². The third-order valence-electron chi connectivity index (χ3n) is 4.74. The molecule has 0 aliphatic carbocycles. The quantitative estimate of drug-likeness (QED) is 0.574. The summed E-state index contributed by atoms with van der Waals surface area (Å²) >= 11 is 6.10. The minimum absolute atomic E-state index is 0.290. The Balaban J connectivity index is 1.52. The molecule has 1 fully saturated rings. The van der Waals surface area contributed by atoms with Crippen molar-refractivity contribution < 1.29 is 8.42 Å². The van der Waals surface area contributed by atoms with Crippen molar-refractivity contribution in [3.05, 3.63) is 59.1 Å². The summed E-state index contributed by atoms with van der Waals surface area (Å²) in [6.45, 7) is 2.40. The summed E-state index contributed by atoms with van der Waals surface area (Å²) < 4.78 is 23.1. The van der Waals surface area contributed by atoms with E-state index in [-0.39, 0.29) is 6.04 Å². The van der Waals surface area contributed by atoms with Crippen LogP contribution in [0.2, 0.25) is 5.02 Å². The zero-order chi connectivity index (χ0) is 20.1. The molecule has 6 nitrogen and oxygen atoms in total. The lowest BCUT2D eigenvalue weighted by atomic mass is 10.2. The average molecular weight is 421 g/mol. The average Bonchev–Trinajstić information content (AvgIpc) is 3.13. The smallest absolute Gasteiger partial charge is 0.191 e. The van der Waals surface area contributed by atoms with E-state index in [0.717, 1.165) is 41.7 Å². The highest BCUT2D eigenvalue weighted by Crippen LogP contribution is 2.23. The first-order chi connectivity index (χ1) is 13.3. The minimum atomic E-state index is -3.17. The molecule has 0 spiro atoms. The highest BCUT2D eigenvalue weighted by Gasteiger charge is 2.23. The zero-order valence-corrected chi connectivity index (χ0v) is 17.6. The number of benzene rings is 2. The van der Waals surface area contributed by atoms with Gasteiger partial charge in [-0.25, -0.2) is 8.42 Å². The predicted molar refractivity (Wildman–Crippen MR) is 115 cm³/mol. The van der Waals surface area contributed by atoms with Gasteiger partial charge in [-0.15, -0.1) is 0 Å². The van der Waals surface area contributed by atoms with Gasteiger partial charge in [0.15, 0.2) is 15.8 Å². The van der Waals surface area contributed by atoms with Crippen LogP contribution >= 0.6 is 11.6 Å². The Labute approximate surface area is 171 Å². The molecule has 1 atom stereocenters. The molecule has 1 saturated heterocycles. The molecule has 2 N–H and O–H groups in total. The molecular formula is C20H25ClN4O2S. The molecule has 150 valence electrons. The summed E-state index contributed by atoms with van der Waals surface area (Å²) in [6, 6.07) is 15.1.